The molecule has 1 heteroatoms. The van der Waals surface area contributed by atoms with Gasteiger partial charge in [-0.1, -0.05) is 51.2 Å². The fourth-order valence-corrected chi connectivity index (χ4v) is 1.74. The summed E-state index contributed by atoms with van der Waals surface area (Å²) in [6, 6.07) is 0. The smallest absolute Gasteiger partial charge is 0.00869 e. The summed E-state index contributed by atoms with van der Waals surface area (Å²) in [5, 5.41) is 0. The van der Waals surface area contributed by atoms with Crippen molar-refractivity contribution in [3.8, 4) is 0 Å². The SMILES string of the molecule is C/C(N)=C(\C=C1\C=CC=CC1)C(C)(C)C. The van der Waals surface area contributed by atoms with Crippen LogP contribution in [-0.2, 0) is 0 Å². The Balaban J connectivity index is 3.00. The maximum Gasteiger partial charge on any atom is 0.00869 e. The average molecular weight is 203 g/mol. The number of hydrogen-bond acceptors (Lipinski definition) is 1. The highest BCUT2D eigenvalue weighted by Crippen LogP contribution is 2.29. The van der Waals surface area contributed by atoms with E-state index in [9.17, 15) is 0 Å². The van der Waals surface area contributed by atoms with Gasteiger partial charge < -0.3 is 5.73 Å². The van der Waals surface area contributed by atoms with Crippen LogP contribution in [-0.4, -0.2) is 0 Å². The van der Waals surface area contributed by atoms with E-state index in [2.05, 4.69) is 51.2 Å². The van der Waals surface area contributed by atoms with Crippen LogP contribution in [0, 0.1) is 5.41 Å². The summed E-state index contributed by atoms with van der Waals surface area (Å²) in [5.41, 5.74) is 9.52. The lowest BCUT2D eigenvalue weighted by molar-refractivity contribution is 0.510. The van der Waals surface area contributed by atoms with Crippen LogP contribution in [0.2, 0.25) is 0 Å². The summed E-state index contributed by atoms with van der Waals surface area (Å²) in [5.74, 6) is 0. The minimum Gasteiger partial charge on any atom is -0.402 e. The van der Waals surface area contributed by atoms with E-state index in [1.807, 2.05) is 6.92 Å². The Labute approximate surface area is 93.1 Å². The van der Waals surface area contributed by atoms with Gasteiger partial charge in [-0.05, 0) is 29.9 Å². The van der Waals surface area contributed by atoms with E-state index in [0.29, 0.717) is 0 Å². The molecule has 0 aromatic rings. The first-order chi connectivity index (χ1) is 6.91. The summed E-state index contributed by atoms with van der Waals surface area (Å²) in [4.78, 5) is 0. The van der Waals surface area contributed by atoms with Gasteiger partial charge in [0, 0.05) is 5.70 Å². The monoisotopic (exact) mass is 203 g/mol. The molecule has 1 nitrogen and oxygen atoms in total. The molecule has 0 fully saturated rings. The molecule has 0 spiro atoms. The maximum absolute atomic E-state index is 5.93. The minimum absolute atomic E-state index is 0.112. The van der Waals surface area contributed by atoms with Crippen LogP contribution in [0.5, 0.6) is 0 Å². The van der Waals surface area contributed by atoms with Crippen molar-refractivity contribution >= 4 is 0 Å². The molecule has 82 valence electrons. The van der Waals surface area contributed by atoms with Crippen LogP contribution >= 0.6 is 0 Å². The lowest BCUT2D eigenvalue weighted by Gasteiger charge is -2.23. The van der Waals surface area contributed by atoms with Gasteiger partial charge in [0.25, 0.3) is 0 Å². The highest BCUT2D eigenvalue weighted by atomic mass is 14.6. The van der Waals surface area contributed by atoms with E-state index in [1.54, 1.807) is 0 Å². The summed E-state index contributed by atoms with van der Waals surface area (Å²) >= 11 is 0. The Morgan fingerprint density at radius 1 is 1.33 bits per heavy atom. The second-order valence-corrected chi connectivity index (χ2v) is 5.06. The molecule has 0 saturated carbocycles. The molecule has 0 radical (unpaired) electrons. The van der Waals surface area contributed by atoms with E-state index in [0.717, 1.165) is 12.1 Å². The van der Waals surface area contributed by atoms with E-state index < -0.39 is 0 Å². The summed E-state index contributed by atoms with van der Waals surface area (Å²) in [7, 11) is 0. The highest BCUT2D eigenvalue weighted by Gasteiger charge is 2.17. The molecule has 0 saturated heterocycles. The van der Waals surface area contributed by atoms with E-state index >= 15 is 0 Å². The van der Waals surface area contributed by atoms with Gasteiger partial charge in [0.2, 0.25) is 0 Å². The molecule has 1 rings (SSSR count). The van der Waals surface area contributed by atoms with Gasteiger partial charge in [-0.2, -0.15) is 0 Å². The molecule has 0 heterocycles. The number of nitrogens with two attached hydrogens (primary N) is 1. The molecule has 0 aromatic carbocycles. The Kier molecular flexibility index (Phi) is 3.57. The second-order valence-electron chi connectivity index (χ2n) is 5.06. The molecule has 0 atom stereocenters. The van der Waals surface area contributed by atoms with Crippen LogP contribution in [0.4, 0.5) is 0 Å². The Hall–Kier alpha value is -1.24. The number of rotatable bonds is 1. The van der Waals surface area contributed by atoms with Crippen LogP contribution < -0.4 is 5.73 Å². The van der Waals surface area contributed by atoms with Gasteiger partial charge in [-0.15, -0.1) is 0 Å². The van der Waals surface area contributed by atoms with E-state index in [1.165, 1.54) is 11.1 Å². The Morgan fingerprint density at radius 3 is 2.40 bits per heavy atom. The topological polar surface area (TPSA) is 26.0 Å². The molecule has 1 aliphatic rings. The van der Waals surface area contributed by atoms with Gasteiger partial charge in [-0.25, -0.2) is 0 Å². The van der Waals surface area contributed by atoms with Crippen molar-refractivity contribution in [2.24, 2.45) is 11.1 Å². The first kappa shape index (κ1) is 11.8. The molecule has 2 N–H and O–H groups in total. The lowest BCUT2D eigenvalue weighted by atomic mass is 9.83. The van der Waals surface area contributed by atoms with Crippen molar-refractivity contribution in [1.29, 1.82) is 0 Å². The predicted molar refractivity (Wildman–Crippen MR) is 67.3 cm³/mol. The Morgan fingerprint density at radius 2 is 2.00 bits per heavy atom. The summed E-state index contributed by atoms with van der Waals surface area (Å²) in [6.45, 7) is 8.55. The first-order valence-electron chi connectivity index (χ1n) is 5.42. The molecular formula is C14H21N. The zero-order chi connectivity index (χ0) is 11.5. The van der Waals surface area contributed by atoms with Crippen LogP contribution in [0.25, 0.3) is 0 Å². The van der Waals surface area contributed by atoms with Gasteiger partial charge in [0.05, 0.1) is 0 Å². The van der Waals surface area contributed by atoms with Crippen molar-refractivity contribution < 1.29 is 0 Å². The quantitative estimate of drug-likeness (QED) is 0.690. The molecule has 0 aliphatic heterocycles. The van der Waals surface area contributed by atoms with Crippen LogP contribution in [0.3, 0.4) is 0 Å². The molecule has 0 bridgehead atoms. The standard InChI is InChI=1S/C14H21N/c1-11(15)13(14(2,3)4)10-12-8-6-5-7-9-12/h5-8,10H,9,15H2,1-4H3/b12-10-,13-11-. The zero-order valence-electron chi connectivity index (χ0n) is 10.2. The third-order valence-electron chi connectivity index (χ3n) is 2.47. The minimum atomic E-state index is 0.112. The molecule has 0 unspecified atom stereocenters. The summed E-state index contributed by atoms with van der Waals surface area (Å²) < 4.78 is 0. The highest BCUT2D eigenvalue weighted by molar-refractivity contribution is 5.39. The van der Waals surface area contributed by atoms with Crippen molar-refractivity contribution in [3.05, 3.63) is 47.2 Å². The third kappa shape index (κ3) is 3.43. The predicted octanol–water partition coefficient (Wildman–Crippen LogP) is 3.71. The average Bonchev–Trinajstić information content (AvgIpc) is 2.13. The summed E-state index contributed by atoms with van der Waals surface area (Å²) in [6.07, 6.45) is 11.7. The normalized spacial score (nSPS) is 20.7. The van der Waals surface area contributed by atoms with Crippen molar-refractivity contribution in [3.63, 3.8) is 0 Å². The van der Waals surface area contributed by atoms with Crippen molar-refractivity contribution in [2.45, 2.75) is 34.1 Å². The molecule has 0 amide bonds. The fourth-order valence-electron chi connectivity index (χ4n) is 1.74. The first-order valence-corrected chi connectivity index (χ1v) is 5.42. The van der Waals surface area contributed by atoms with Gasteiger partial charge in [0.1, 0.15) is 0 Å². The van der Waals surface area contributed by atoms with Gasteiger partial charge in [0.15, 0.2) is 0 Å². The van der Waals surface area contributed by atoms with E-state index in [4.69, 9.17) is 5.73 Å². The lowest BCUT2D eigenvalue weighted by Crippen LogP contribution is -2.13. The zero-order valence-corrected chi connectivity index (χ0v) is 10.2. The van der Waals surface area contributed by atoms with E-state index in [-0.39, 0.29) is 5.41 Å². The molecule has 0 aromatic heterocycles. The number of allylic oxidation sites excluding steroid dienone is 8. The van der Waals surface area contributed by atoms with Gasteiger partial charge in [-0.3, -0.25) is 0 Å². The fraction of sp³-hybridized carbons (Fsp3) is 0.429. The van der Waals surface area contributed by atoms with Gasteiger partial charge >= 0.3 is 0 Å². The van der Waals surface area contributed by atoms with Crippen LogP contribution in [0.15, 0.2) is 47.2 Å². The molecular weight excluding hydrogens is 182 g/mol. The van der Waals surface area contributed by atoms with Crippen LogP contribution in [0.1, 0.15) is 34.1 Å². The molecule has 15 heavy (non-hydrogen) atoms. The number of hydrogen-bond donors (Lipinski definition) is 1. The van der Waals surface area contributed by atoms with Crippen molar-refractivity contribution in [2.75, 3.05) is 0 Å². The second kappa shape index (κ2) is 4.52. The third-order valence-corrected chi connectivity index (χ3v) is 2.47. The van der Waals surface area contributed by atoms with Crippen molar-refractivity contribution in [1.82, 2.24) is 0 Å². The largest absolute Gasteiger partial charge is 0.402 e. The molecule has 1 aliphatic carbocycles. The Bertz CT molecular complexity index is 342. The maximum atomic E-state index is 5.93.